The monoisotopic (exact) mass is 378 g/mol. The first-order valence-corrected chi connectivity index (χ1v) is 9.34. The van der Waals surface area contributed by atoms with Crippen molar-refractivity contribution < 1.29 is 14.4 Å². The van der Waals surface area contributed by atoms with Crippen LogP contribution in [0.4, 0.5) is 11.5 Å². The molecule has 144 valence electrons. The summed E-state index contributed by atoms with van der Waals surface area (Å²) in [5, 5.41) is 14.0. The molecule has 0 atom stereocenters. The first kappa shape index (κ1) is 18.0. The highest BCUT2D eigenvalue weighted by atomic mass is 16.5. The van der Waals surface area contributed by atoms with Gasteiger partial charge in [0.1, 0.15) is 0 Å². The molecule has 1 aromatic carbocycles. The molecule has 2 aromatic heterocycles. The molecule has 0 radical (unpaired) electrons. The molecule has 0 aliphatic carbocycles. The summed E-state index contributed by atoms with van der Waals surface area (Å²) in [7, 11) is 0. The topological polar surface area (TPSA) is 82.7 Å². The molecule has 0 spiro atoms. The average Bonchev–Trinajstić information content (AvgIpc) is 3.01. The maximum absolute atomic E-state index is 12.0. The molecule has 1 N–H and O–H groups in total. The van der Waals surface area contributed by atoms with E-state index in [9.17, 15) is 9.90 Å². The zero-order chi connectivity index (χ0) is 19.5. The van der Waals surface area contributed by atoms with E-state index in [-0.39, 0.29) is 5.56 Å². The van der Waals surface area contributed by atoms with Gasteiger partial charge in [-0.15, -0.1) is 0 Å². The molecule has 7 heteroatoms. The predicted molar refractivity (Wildman–Crippen MR) is 107 cm³/mol. The van der Waals surface area contributed by atoms with Gasteiger partial charge >= 0.3 is 5.97 Å². The number of carbonyl (C=O) groups is 1. The SMILES string of the molecule is Cc1cnccc1N1CCCN(c2noc(-c3ccccc3)c2C(=O)O)CC1. The maximum Gasteiger partial charge on any atom is 0.343 e. The van der Waals surface area contributed by atoms with Gasteiger partial charge in [-0.05, 0) is 25.0 Å². The lowest BCUT2D eigenvalue weighted by Gasteiger charge is -2.25. The fourth-order valence-corrected chi connectivity index (χ4v) is 3.67. The molecular weight excluding hydrogens is 356 g/mol. The van der Waals surface area contributed by atoms with E-state index in [4.69, 9.17) is 4.52 Å². The van der Waals surface area contributed by atoms with Crippen LogP contribution in [0.5, 0.6) is 0 Å². The Labute approximate surface area is 163 Å². The number of pyridine rings is 1. The van der Waals surface area contributed by atoms with E-state index in [0.29, 0.717) is 23.7 Å². The third-order valence-corrected chi connectivity index (χ3v) is 5.05. The smallest absolute Gasteiger partial charge is 0.343 e. The average molecular weight is 378 g/mol. The number of aromatic nitrogens is 2. The molecule has 1 aliphatic rings. The maximum atomic E-state index is 12.0. The van der Waals surface area contributed by atoms with Crippen molar-refractivity contribution in [1.29, 1.82) is 0 Å². The first-order valence-electron chi connectivity index (χ1n) is 9.34. The number of anilines is 2. The molecule has 0 saturated carbocycles. The lowest BCUT2D eigenvalue weighted by molar-refractivity contribution is 0.0698. The minimum absolute atomic E-state index is 0.125. The Morgan fingerprint density at radius 3 is 2.57 bits per heavy atom. The summed E-state index contributed by atoms with van der Waals surface area (Å²) < 4.78 is 5.47. The Bertz CT molecular complexity index is 971. The molecule has 28 heavy (non-hydrogen) atoms. The van der Waals surface area contributed by atoms with Gasteiger partial charge in [0, 0.05) is 49.8 Å². The number of nitrogens with zero attached hydrogens (tertiary/aromatic N) is 4. The third-order valence-electron chi connectivity index (χ3n) is 5.05. The van der Waals surface area contributed by atoms with Crippen LogP contribution >= 0.6 is 0 Å². The molecular formula is C21H22N4O3. The van der Waals surface area contributed by atoms with E-state index in [2.05, 4.69) is 22.0 Å². The van der Waals surface area contributed by atoms with Crippen molar-refractivity contribution in [3.63, 3.8) is 0 Å². The highest BCUT2D eigenvalue weighted by molar-refractivity contribution is 5.99. The van der Waals surface area contributed by atoms with Crippen molar-refractivity contribution in [3.8, 4) is 11.3 Å². The Balaban J connectivity index is 1.61. The zero-order valence-electron chi connectivity index (χ0n) is 15.7. The van der Waals surface area contributed by atoms with Gasteiger partial charge in [0.15, 0.2) is 17.1 Å². The summed E-state index contributed by atoms with van der Waals surface area (Å²) >= 11 is 0. The van der Waals surface area contributed by atoms with Gasteiger partial charge < -0.3 is 19.4 Å². The number of benzene rings is 1. The van der Waals surface area contributed by atoms with Crippen LogP contribution in [0, 0.1) is 6.92 Å². The van der Waals surface area contributed by atoms with Gasteiger partial charge in [-0.3, -0.25) is 4.98 Å². The first-order chi connectivity index (χ1) is 13.6. The van der Waals surface area contributed by atoms with Crippen LogP contribution in [0.1, 0.15) is 22.3 Å². The number of rotatable bonds is 4. The summed E-state index contributed by atoms with van der Waals surface area (Å²) in [6.45, 7) is 5.12. The molecule has 7 nitrogen and oxygen atoms in total. The molecule has 4 rings (SSSR count). The van der Waals surface area contributed by atoms with E-state index in [1.165, 1.54) is 5.69 Å². The van der Waals surface area contributed by atoms with Crippen LogP contribution in [-0.2, 0) is 0 Å². The zero-order valence-corrected chi connectivity index (χ0v) is 15.7. The quantitative estimate of drug-likeness (QED) is 0.744. The van der Waals surface area contributed by atoms with E-state index in [1.807, 2.05) is 47.5 Å². The fourth-order valence-electron chi connectivity index (χ4n) is 3.67. The fraction of sp³-hybridized carbons (Fsp3) is 0.286. The number of hydrogen-bond acceptors (Lipinski definition) is 6. The van der Waals surface area contributed by atoms with Crippen LogP contribution < -0.4 is 9.80 Å². The molecule has 1 saturated heterocycles. The van der Waals surface area contributed by atoms with Crippen LogP contribution in [0.3, 0.4) is 0 Å². The van der Waals surface area contributed by atoms with Crippen molar-refractivity contribution in [2.75, 3.05) is 36.0 Å². The normalized spacial score (nSPS) is 14.8. The molecule has 0 bridgehead atoms. The second-order valence-electron chi connectivity index (χ2n) is 6.87. The lowest BCUT2D eigenvalue weighted by Crippen LogP contribution is -2.32. The number of carboxylic acid groups (broad SMARTS) is 1. The third kappa shape index (κ3) is 3.43. The van der Waals surface area contributed by atoms with E-state index >= 15 is 0 Å². The summed E-state index contributed by atoms with van der Waals surface area (Å²) in [6.07, 6.45) is 4.57. The van der Waals surface area contributed by atoms with E-state index < -0.39 is 5.97 Å². The van der Waals surface area contributed by atoms with Crippen LogP contribution in [0.15, 0.2) is 53.3 Å². The Morgan fingerprint density at radius 1 is 1.07 bits per heavy atom. The Kier molecular flexibility index (Phi) is 4.97. The van der Waals surface area contributed by atoms with Crippen molar-refractivity contribution in [3.05, 3.63) is 59.9 Å². The summed E-state index contributed by atoms with van der Waals surface area (Å²) in [5.74, 6) is -0.324. The minimum Gasteiger partial charge on any atom is -0.477 e. The van der Waals surface area contributed by atoms with Crippen molar-refractivity contribution in [2.24, 2.45) is 0 Å². The predicted octanol–water partition coefficient (Wildman–Crippen LogP) is 3.46. The number of hydrogen-bond donors (Lipinski definition) is 1. The molecule has 3 aromatic rings. The highest BCUT2D eigenvalue weighted by Crippen LogP contribution is 2.32. The highest BCUT2D eigenvalue weighted by Gasteiger charge is 2.28. The summed E-state index contributed by atoms with van der Waals surface area (Å²) in [6, 6.07) is 11.3. The molecule has 1 fully saturated rings. The Hall–Kier alpha value is -3.35. The van der Waals surface area contributed by atoms with E-state index in [1.54, 1.807) is 6.20 Å². The lowest BCUT2D eigenvalue weighted by atomic mass is 10.1. The summed E-state index contributed by atoms with van der Waals surface area (Å²) in [4.78, 5) is 20.5. The largest absolute Gasteiger partial charge is 0.477 e. The minimum atomic E-state index is -1.03. The van der Waals surface area contributed by atoms with Crippen molar-refractivity contribution in [2.45, 2.75) is 13.3 Å². The van der Waals surface area contributed by atoms with Gasteiger partial charge in [-0.2, -0.15) is 0 Å². The standard InChI is InChI=1S/C21H22N4O3/c1-15-14-22-9-8-17(15)24-10-5-11-25(13-12-24)20-18(21(26)27)19(28-23-20)16-6-3-2-4-7-16/h2-4,6-9,14H,5,10-13H2,1H3,(H,26,27). The van der Waals surface area contributed by atoms with Crippen LogP contribution in [0.25, 0.3) is 11.3 Å². The van der Waals surface area contributed by atoms with Gasteiger partial charge in [0.25, 0.3) is 0 Å². The number of carboxylic acids is 1. The second kappa shape index (κ2) is 7.72. The number of aryl methyl sites for hydroxylation is 1. The Morgan fingerprint density at radius 2 is 1.82 bits per heavy atom. The van der Waals surface area contributed by atoms with Crippen molar-refractivity contribution in [1.82, 2.24) is 10.1 Å². The van der Waals surface area contributed by atoms with Gasteiger partial charge in [0.05, 0.1) is 0 Å². The number of aromatic carboxylic acids is 1. The van der Waals surface area contributed by atoms with Crippen LogP contribution in [0.2, 0.25) is 0 Å². The van der Waals surface area contributed by atoms with Gasteiger partial charge in [-0.1, -0.05) is 35.5 Å². The second-order valence-corrected chi connectivity index (χ2v) is 6.87. The van der Waals surface area contributed by atoms with Crippen LogP contribution in [-0.4, -0.2) is 47.4 Å². The van der Waals surface area contributed by atoms with E-state index in [0.717, 1.165) is 31.6 Å². The molecule has 0 unspecified atom stereocenters. The molecule has 1 aliphatic heterocycles. The molecule has 3 heterocycles. The van der Waals surface area contributed by atoms with Gasteiger partial charge in [-0.25, -0.2) is 4.79 Å². The van der Waals surface area contributed by atoms with Crippen molar-refractivity contribution >= 4 is 17.5 Å². The summed E-state index contributed by atoms with van der Waals surface area (Å²) in [5.41, 5.74) is 3.14. The molecule has 0 amide bonds. The van der Waals surface area contributed by atoms with Gasteiger partial charge in [0.2, 0.25) is 0 Å².